The monoisotopic (exact) mass is 369 g/mol. The van der Waals surface area contributed by atoms with Gasteiger partial charge in [0.05, 0.1) is 11.6 Å². The Bertz CT molecular complexity index is 993. The maximum atomic E-state index is 9.15. The molecule has 5 heteroatoms. The molecule has 0 aliphatic carbocycles. The zero-order valence-corrected chi connectivity index (χ0v) is 16.0. The van der Waals surface area contributed by atoms with Crippen molar-refractivity contribution in [2.45, 2.75) is 19.8 Å². The lowest BCUT2D eigenvalue weighted by molar-refractivity contribution is 0.444. The Hall–Kier alpha value is -3.39. The maximum absolute atomic E-state index is 9.15. The van der Waals surface area contributed by atoms with Gasteiger partial charge in [-0.2, -0.15) is 5.26 Å². The first-order valence-corrected chi connectivity index (χ1v) is 9.68. The van der Waals surface area contributed by atoms with Gasteiger partial charge in [0.2, 0.25) is 0 Å². The standard InChI is InChI=1S/C23H23N5/c1-17-7-6-12-28(16-17)22-14-21(25-20-11-5-8-18(13-20)15-24)26-23(27-22)19-9-3-2-4-10-19/h2-5,8-11,13-14,17H,6-7,12,16H2,1H3,(H,25,26,27). The molecular formula is C23H23N5. The van der Waals surface area contributed by atoms with Gasteiger partial charge < -0.3 is 10.2 Å². The van der Waals surface area contributed by atoms with E-state index in [1.54, 1.807) is 6.07 Å². The summed E-state index contributed by atoms with van der Waals surface area (Å²) in [5.41, 5.74) is 2.45. The summed E-state index contributed by atoms with van der Waals surface area (Å²) < 4.78 is 0. The molecule has 2 heterocycles. The van der Waals surface area contributed by atoms with Crippen LogP contribution >= 0.6 is 0 Å². The van der Waals surface area contributed by atoms with Crippen LogP contribution in [0.25, 0.3) is 11.4 Å². The smallest absolute Gasteiger partial charge is 0.163 e. The van der Waals surface area contributed by atoms with Gasteiger partial charge >= 0.3 is 0 Å². The van der Waals surface area contributed by atoms with Crippen LogP contribution in [0, 0.1) is 17.2 Å². The van der Waals surface area contributed by atoms with Crippen LogP contribution in [0.1, 0.15) is 25.3 Å². The number of nitrogens with zero attached hydrogens (tertiary/aromatic N) is 4. The van der Waals surface area contributed by atoms with Crippen molar-refractivity contribution in [1.29, 1.82) is 5.26 Å². The molecule has 5 nitrogen and oxygen atoms in total. The second-order valence-electron chi connectivity index (χ2n) is 7.31. The topological polar surface area (TPSA) is 64.8 Å². The number of piperidine rings is 1. The van der Waals surface area contributed by atoms with Gasteiger partial charge in [-0.1, -0.05) is 43.3 Å². The molecule has 2 aromatic carbocycles. The Balaban J connectivity index is 1.72. The van der Waals surface area contributed by atoms with Crippen LogP contribution in [0.3, 0.4) is 0 Å². The number of anilines is 3. The van der Waals surface area contributed by atoms with E-state index in [4.69, 9.17) is 15.2 Å². The lowest BCUT2D eigenvalue weighted by atomic mass is 10.0. The molecule has 1 aliphatic heterocycles. The lowest BCUT2D eigenvalue weighted by Gasteiger charge is -2.32. The molecule has 0 amide bonds. The summed E-state index contributed by atoms with van der Waals surface area (Å²) in [5.74, 6) is 3.04. The number of nitrogens with one attached hydrogen (secondary N) is 1. The van der Waals surface area contributed by atoms with Gasteiger partial charge in [0.25, 0.3) is 0 Å². The number of hydrogen-bond donors (Lipinski definition) is 1. The molecule has 1 atom stereocenters. The molecule has 28 heavy (non-hydrogen) atoms. The molecule has 0 spiro atoms. The van der Waals surface area contributed by atoms with Gasteiger partial charge in [-0.05, 0) is 37.0 Å². The molecule has 0 saturated carbocycles. The molecular weight excluding hydrogens is 346 g/mol. The van der Waals surface area contributed by atoms with Crippen molar-refractivity contribution in [2.75, 3.05) is 23.3 Å². The summed E-state index contributed by atoms with van der Waals surface area (Å²) >= 11 is 0. The third-order valence-corrected chi connectivity index (χ3v) is 4.99. The van der Waals surface area contributed by atoms with Crippen LogP contribution in [-0.2, 0) is 0 Å². The van der Waals surface area contributed by atoms with Crippen molar-refractivity contribution in [3.63, 3.8) is 0 Å². The molecule has 1 aromatic heterocycles. The summed E-state index contributed by atoms with van der Waals surface area (Å²) in [7, 11) is 0. The van der Waals surface area contributed by atoms with E-state index in [2.05, 4.69) is 23.2 Å². The Morgan fingerprint density at radius 1 is 1.07 bits per heavy atom. The Morgan fingerprint density at radius 3 is 2.71 bits per heavy atom. The Morgan fingerprint density at radius 2 is 1.93 bits per heavy atom. The summed E-state index contributed by atoms with van der Waals surface area (Å²) in [5, 5.41) is 12.5. The highest BCUT2D eigenvalue weighted by molar-refractivity contribution is 5.66. The normalized spacial score (nSPS) is 16.4. The van der Waals surface area contributed by atoms with Crippen LogP contribution in [0.5, 0.6) is 0 Å². The minimum atomic E-state index is 0.618. The van der Waals surface area contributed by atoms with Crippen molar-refractivity contribution in [3.05, 3.63) is 66.2 Å². The number of benzene rings is 2. The third kappa shape index (κ3) is 4.12. The predicted molar refractivity (Wildman–Crippen MR) is 113 cm³/mol. The van der Waals surface area contributed by atoms with Crippen LogP contribution < -0.4 is 10.2 Å². The fourth-order valence-corrected chi connectivity index (χ4v) is 3.59. The zero-order valence-electron chi connectivity index (χ0n) is 16.0. The summed E-state index contributed by atoms with van der Waals surface area (Å²) in [4.78, 5) is 11.9. The van der Waals surface area contributed by atoms with Crippen LogP contribution in [0.2, 0.25) is 0 Å². The highest BCUT2D eigenvalue weighted by Crippen LogP contribution is 2.27. The van der Waals surface area contributed by atoms with Gasteiger partial charge in [-0.15, -0.1) is 0 Å². The van der Waals surface area contributed by atoms with E-state index < -0.39 is 0 Å². The molecule has 1 fully saturated rings. The molecule has 140 valence electrons. The molecule has 0 bridgehead atoms. The maximum Gasteiger partial charge on any atom is 0.163 e. The van der Waals surface area contributed by atoms with E-state index in [0.29, 0.717) is 17.3 Å². The van der Waals surface area contributed by atoms with E-state index in [1.165, 1.54) is 12.8 Å². The summed E-state index contributed by atoms with van der Waals surface area (Å²) in [6.45, 7) is 4.31. The lowest BCUT2D eigenvalue weighted by Crippen LogP contribution is -2.35. The van der Waals surface area contributed by atoms with E-state index in [1.807, 2.05) is 54.6 Å². The molecule has 4 rings (SSSR count). The fourth-order valence-electron chi connectivity index (χ4n) is 3.59. The van der Waals surface area contributed by atoms with Crippen molar-refractivity contribution in [2.24, 2.45) is 5.92 Å². The van der Waals surface area contributed by atoms with Crippen molar-refractivity contribution in [3.8, 4) is 17.5 Å². The number of rotatable bonds is 4. The van der Waals surface area contributed by atoms with Gasteiger partial charge in [0.15, 0.2) is 5.82 Å². The first-order valence-electron chi connectivity index (χ1n) is 9.68. The third-order valence-electron chi connectivity index (χ3n) is 4.99. The number of aromatic nitrogens is 2. The zero-order chi connectivity index (χ0) is 19.3. The molecule has 0 radical (unpaired) electrons. The highest BCUT2D eigenvalue weighted by atomic mass is 15.2. The first-order chi connectivity index (χ1) is 13.7. The van der Waals surface area contributed by atoms with Gasteiger partial charge in [0.1, 0.15) is 11.6 Å². The Kier molecular flexibility index (Phi) is 5.20. The fraction of sp³-hybridized carbons (Fsp3) is 0.261. The second kappa shape index (κ2) is 8.10. The minimum Gasteiger partial charge on any atom is -0.356 e. The highest BCUT2D eigenvalue weighted by Gasteiger charge is 2.19. The van der Waals surface area contributed by atoms with Gasteiger partial charge in [-0.3, -0.25) is 0 Å². The summed E-state index contributed by atoms with van der Waals surface area (Å²) in [6, 6.07) is 21.6. The average Bonchev–Trinajstić information content (AvgIpc) is 2.74. The van der Waals surface area contributed by atoms with Gasteiger partial charge in [-0.25, -0.2) is 9.97 Å². The van der Waals surface area contributed by atoms with E-state index in [-0.39, 0.29) is 0 Å². The van der Waals surface area contributed by atoms with Crippen molar-refractivity contribution in [1.82, 2.24) is 9.97 Å². The van der Waals surface area contributed by atoms with Gasteiger partial charge in [0, 0.05) is 30.4 Å². The second-order valence-corrected chi connectivity index (χ2v) is 7.31. The molecule has 1 saturated heterocycles. The number of hydrogen-bond acceptors (Lipinski definition) is 5. The van der Waals surface area contributed by atoms with Crippen LogP contribution in [0.4, 0.5) is 17.3 Å². The molecule has 1 aliphatic rings. The predicted octanol–water partition coefficient (Wildman–Crippen LogP) is 5.00. The molecule has 3 aromatic rings. The SMILES string of the molecule is CC1CCCN(c2cc(Nc3cccc(C#N)c3)nc(-c3ccccc3)n2)C1. The van der Waals surface area contributed by atoms with Crippen LogP contribution in [0.15, 0.2) is 60.7 Å². The number of nitriles is 1. The first kappa shape index (κ1) is 18.0. The quantitative estimate of drug-likeness (QED) is 0.701. The van der Waals surface area contributed by atoms with Crippen molar-refractivity contribution < 1.29 is 0 Å². The van der Waals surface area contributed by atoms with E-state index >= 15 is 0 Å². The van der Waals surface area contributed by atoms with Crippen molar-refractivity contribution >= 4 is 17.3 Å². The van der Waals surface area contributed by atoms with E-state index in [9.17, 15) is 0 Å². The largest absolute Gasteiger partial charge is 0.356 e. The molecule has 1 unspecified atom stereocenters. The molecule has 1 N–H and O–H groups in total. The average molecular weight is 369 g/mol. The Labute approximate surface area is 165 Å². The van der Waals surface area contributed by atoms with Crippen LogP contribution in [-0.4, -0.2) is 23.1 Å². The van der Waals surface area contributed by atoms with E-state index in [0.717, 1.165) is 36.0 Å². The summed E-state index contributed by atoms with van der Waals surface area (Å²) in [6.07, 6.45) is 2.44. The minimum absolute atomic E-state index is 0.618.